The second kappa shape index (κ2) is 11.4. The highest BCUT2D eigenvalue weighted by molar-refractivity contribution is 5.86. The van der Waals surface area contributed by atoms with Crippen molar-refractivity contribution in [1.29, 1.82) is 0 Å². The molecule has 0 aliphatic rings. The van der Waals surface area contributed by atoms with Crippen molar-refractivity contribution in [1.82, 2.24) is 14.8 Å². The molecule has 0 radical (unpaired) electrons. The minimum absolute atomic E-state index is 0.155. The maximum atomic E-state index is 11.9. The summed E-state index contributed by atoms with van der Waals surface area (Å²) in [5.74, 6) is 0.155. The lowest BCUT2D eigenvalue weighted by Gasteiger charge is -2.20. The first-order valence-electron chi connectivity index (χ1n) is 10.6. The molecule has 1 unspecified atom stereocenters. The first kappa shape index (κ1) is 25.0. The largest absolute Gasteiger partial charge is 0.483 e. The van der Waals surface area contributed by atoms with E-state index in [1.165, 1.54) is 16.7 Å². The van der Waals surface area contributed by atoms with Crippen molar-refractivity contribution in [3.63, 3.8) is 0 Å². The minimum atomic E-state index is -0.250. The van der Waals surface area contributed by atoms with Crippen LogP contribution in [-0.4, -0.2) is 60.5 Å². The Morgan fingerprint density at radius 3 is 2.41 bits per heavy atom. The molecule has 0 aliphatic heterocycles. The van der Waals surface area contributed by atoms with Gasteiger partial charge in [0, 0.05) is 37.5 Å². The Morgan fingerprint density at radius 1 is 1.09 bits per heavy atom. The lowest BCUT2D eigenvalue weighted by atomic mass is 9.99. The quantitative estimate of drug-likeness (QED) is 0.575. The Morgan fingerprint density at radius 2 is 1.78 bits per heavy atom. The van der Waals surface area contributed by atoms with Crippen molar-refractivity contribution in [3.05, 3.63) is 65.2 Å². The third-order valence-corrected chi connectivity index (χ3v) is 5.65. The Bertz CT molecular complexity index is 1080. The Labute approximate surface area is 190 Å². The molecule has 1 amide bonds. The predicted octanol–water partition coefficient (Wildman–Crippen LogP) is 4.55. The average Bonchev–Trinajstić information content (AvgIpc) is 2.77. The summed E-state index contributed by atoms with van der Waals surface area (Å²) in [6.07, 6.45) is 1.28. The van der Waals surface area contributed by atoms with Gasteiger partial charge in [-0.05, 0) is 75.3 Å². The molecule has 32 heavy (non-hydrogen) atoms. The van der Waals surface area contributed by atoms with E-state index in [0.29, 0.717) is 12.5 Å². The molecule has 1 N–H and O–H groups in total. The molecule has 1 heterocycles. The number of carboxylic acid groups (broad SMARTS) is 1. The zero-order chi connectivity index (χ0) is 23.8. The summed E-state index contributed by atoms with van der Waals surface area (Å²) >= 11 is 0. The van der Waals surface area contributed by atoms with Crippen molar-refractivity contribution in [2.75, 3.05) is 28.2 Å². The van der Waals surface area contributed by atoms with Crippen molar-refractivity contribution in [3.8, 4) is 11.3 Å². The normalized spacial score (nSPS) is 11.6. The molecule has 1 aromatic heterocycles. The van der Waals surface area contributed by atoms with Gasteiger partial charge >= 0.3 is 0 Å². The molecule has 170 valence electrons. The number of fused-ring (bicyclic) bond motifs is 1. The third-order valence-electron chi connectivity index (χ3n) is 5.65. The molecule has 1 atom stereocenters. The number of rotatable bonds is 6. The van der Waals surface area contributed by atoms with E-state index < -0.39 is 0 Å². The number of hydrogen-bond donors (Lipinski definition) is 1. The van der Waals surface area contributed by atoms with Gasteiger partial charge in [0.25, 0.3) is 6.47 Å². The molecular formula is C26H33N3O3. The summed E-state index contributed by atoms with van der Waals surface area (Å²) in [4.78, 5) is 29.0. The van der Waals surface area contributed by atoms with Crippen LogP contribution in [-0.2, 0) is 16.0 Å². The molecule has 0 aliphatic carbocycles. The smallest absolute Gasteiger partial charge is 0.290 e. The predicted molar refractivity (Wildman–Crippen MR) is 130 cm³/mol. The van der Waals surface area contributed by atoms with Gasteiger partial charge < -0.3 is 14.9 Å². The molecule has 0 fully saturated rings. The van der Waals surface area contributed by atoms with E-state index in [1.807, 2.05) is 0 Å². The highest BCUT2D eigenvalue weighted by Crippen LogP contribution is 2.28. The standard InChI is InChI=1S/C25H31N3O.CH2O2/c1-17-14-24(21-9-7-8-20(16-21)18(2)27(3)4)26-23-12-10-19(15-22(17)23)11-13-25(29)28(5)6;2-1-3/h7-10,12,14-16,18H,11,13H2,1-6H3;1H,(H,2,3). The van der Waals surface area contributed by atoms with E-state index in [0.717, 1.165) is 28.6 Å². The molecule has 6 nitrogen and oxygen atoms in total. The molecule has 0 saturated heterocycles. The highest BCUT2D eigenvalue weighted by atomic mass is 16.3. The van der Waals surface area contributed by atoms with Crippen LogP contribution < -0.4 is 0 Å². The zero-order valence-corrected chi connectivity index (χ0v) is 19.8. The van der Waals surface area contributed by atoms with Crippen LogP contribution in [0.25, 0.3) is 22.2 Å². The number of benzene rings is 2. The van der Waals surface area contributed by atoms with Gasteiger partial charge in [-0.2, -0.15) is 0 Å². The summed E-state index contributed by atoms with van der Waals surface area (Å²) in [7, 11) is 7.79. The van der Waals surface area contributed by atoms with Gasteiger partial charge in [0.05, 0.1) is 11.2 Å². The van der Waals surface area contributed by atoms with Gasteiger partial charge in [-0.25, -0.2) is 4.98 Å². The fourth-order valence-corrected chi connectivity index (χ4v) is 3.48. The van der Waals surface area contributed by atoms with E-state index in [1.54, 1.807) is 19.0 Å². The number of carbonyl (C=O) groups excluding carboxylic acids is 1. The van der Waals surface area contributed by atoms with Crippen LogP contribution in [0.15, 0.2) is 48.5 Å². The second-order valence-electron chi connectivity index (χ2n) is 8.33. The van der Waals surface area contributed by atoms with E-state index in [9.17, 15) is 4.79 Å². The first-order chi connectivity index (χ1) is 15.2. The summed E-state index contributed by atoms with van der Waals surface area (Å²) in [6.45, 7) is 4.09. The molecule has 0 saturated carbocycles. The number of amides is 1. The molecule has 0 bridgehead atoms. The molecule has 0 spiro atoms. The SMILES string of the molecule is Cc1cc(-c2cccc(C(C)N(C)C)c2)nc2ccc(CCC(=O)N(C)C)cc12.O=CO. The van der Waals surface area contributed by atoms with Crippen LogP contribution in [0, 0.1) is 6.92 Å². The topological polar surface area (TPSA) is 73.7 Å². The van der Waals surface area contributed by atoms with E-state index in [4.69, 9.17) is 14.9 Å². The van der Waals surface area contributed by atoms with Gasteiger partial charge in [0.1, 0.15) is 0 Å². The van der Waals surface area contributed by atoms with Crippen molar-refractivity contribution in [2.45, 2.75) is 32.7 Å². The van der Waals surface area contributed by atoms with E-state index in [2.05, 4.69) is 81.4 Å². The number of carbonyl (C=O) groups is 2. The monoisotopic (exact) mass is 435 g/mol. The van der Waals surface area contributed by atoms with Crippen LogP contribution in [0.1, 0.15) is 36.1 Å². The number of pyridine rings is 1. The second-order valence-corrected chi connectivity index (χ2v) is 8.33. The van der Waals surface area contributed by atoms with Crippen LogP contribution >= 0.6 is 0 Å². The fourth-order valence-electron chi connectivity index (χ4n) is 3.48. The Kier molecular flexibility index (Phi) is 8.91. The van der Waals surface area contributed by atoms with Crippen LogP contribution in [0.3, 0.4) is 0 Å². The van der Waals surface area contributed by atoms with E-state index in [-0.39, 0.29) is 12.4 Å². The average molecular weight is 436 g/mol. The molecule has 6 heteroatoms. The maximum absolute atomic E-state index is 11.9. The zero-order valence-electron chi connectivity index (χ0n) is 19.8. The van der Waals surface area contributed by atoms with Crippen molar-refractivity contribution >= 4 is 23.3 Å². The Hall–Kier alpha value is -3.25. The van der Waals surface area contributed by atoms with Gasteiger partial charge in [0.2, 0.25) is 5.91 Å². The van der Waals surface area contributed by atoms with Crippen molar-refractivity contribution < 1.29 is 14.7 Å². The number of aromatic nitrogens is 1. The first-order valence-corrected chi connectivity index (χ1v) is 10.6. The fraction of sp³-hybridized carbons (Fsp3) is 0.346. The molecular weight excluding hydrogens is 402 g/mol. The summed E-state index contributed by atoms with van der Waals surface area (Å²) < 4.78 is 0. The summed E-state index contributed by atoms with van der Waals surface area (Å²) in [6, 6.07) is 17.5. The van der Waals surface area contributed by atoms with Gasteiger partial charge in [0.15, 0.2) is 0 Å². The van der Waals surface area contributed by atoms with Gasteiger partial charge in [-0.3, -0.25) is 9.59 Å². The lowest BCUT2D eigenvalue weighted by molar-refractivity contribution is -0.128. The summed E-state index contributed by atoms with van der Waals surface area (Å²) in [5.41, 5.74) is 6.80. The van der Waals surface area contributed by atoms with Gasteiger partial charge in [-0.1, -0.05) is 24.3 Å². The van der Waals surface area contributed by atoms with Crippen LogP contribution in [0.2, 0.25) is 0 Å². The lowest BCUT2D eigenvalue weighted by Crippen LogP contribution is -2.21. The Balaban J connectivity index is 0.00000114. The van der Waals surface area contributed by atoms with Crippen LogP contribution in [0.4, 0.5) is 0 Å². The van der Waals surface area contributed by atoms with Crippen molar-refractivity contribution in [2.24, 2.45) is 0 Å². The minimum Gasteiger partial charge on any atom is -0.483 e. The summed E-state index contributed by atoms with van der Waals surface area (Å²) in [5, 5.41) is 8.04. The third kappa shape index (κ3) is 6.37. The molecule has 2 aromatic carbocycles. The number of aryl methyl sites for hydroxylation is 2. The highest BCUT2D eigenvalue weighted by Gasteiger charge is 2.11. The van der Waals surface area contributed by atoms with Gasteiger partial charge in [-0.15, -0.1) is 0 Å². The maximum Gasteiger partial charge on any atom is 0.290 e. The van der Waals surface area contributed by atoms with Crippen LogP contribution in [0.5, 0.6) is 0 Å². The van der Waals surface area contributed by atoms with E-state index >= 15 is 0 Å². The number of nitrogens with zero attached hydrogens (tertiary/aromatic N) is 3. The number of hydrogen-bond acceptors (Lipinski definition) is 4. The molecule has 3 aromatic rings. The molecule has 3 rings (SSSR count).